The van der Waals surface area contributed by atoms with Crippen LogP contribution in [0.4, 0.5) is 5.69 Å². The number of ether oxygens (including phenoxy) is 2. The van der Waals surface area contributed by atoms with E-state index in [-0.39, 0.29) is 31.1 Å². The number of fused-ring (bicyclic) bond motifs is 2. The summed E-state index contributed by atoms with van der Waals surface area (Å²) in [7, 11) is 3.09. The Morgan fingerprint density at radius 3 is 2.34 bits per heavy atom. The van der Waals surface area contributed by atoms with Gasteiger partial charge in [0.1, 0.15) is 0 Å². The molecule has 4 rings (SSSR count). The fraction of sp³-hybridized carbons (Fsp3) is 0.333. The highest BCUT2D eigenvalue weighted by Gasteiger charge is 2.61. The first-order chi connectivity index (χ1) is 15.4. The highest BCUT2D eigenvalue weighted by atomic mass is 16.5. The van der Waals surface area contributed by atoms with Crippen molar-refractivity contribution in [1.82, 2.24) is 5.01 Å². The van der Waals surface area contributed by atoms with Crippen LogP contribution in [0.15, 0.2) is 47.6 Å². The van der Waals surface area contributed by atoms with E-state index in [2.05, 4.69) is 5.10 Å². The standard InChI is InChI=1S/C24H25N3O5/c1-5-21(28)26-18-10-8-7-9-16(18)24(23(26)30)14-17(25-27(24)22(29)6-2)15-11-12-19(31-3)20(13-15)32-4/h7-13H,5-6,14H2,1-4H3/t24-/m1/s1. The molecule has 0 fully saturated rings. The number of amides is 3. The Morgan fingerprint density at radius 2 is 1.69 bits per heavy atom. The molecule has 0 saturated heterocycles. The van der Waals surface area contributed by atoms with Crippen molar-refractivity contribution in [2.75, 3.05) is 19.1 Å². The number of nitrogens with zero attached hydrogens (tertiary/aromatic N) is 3. The van der Waals surface area contributed by atoms with Crippen LogP contribution in [0.5, 0.6) is 11.5 Å². The predicted molar refractivity (Wildman–Crippen MR) is 119 cm³/mol. The van der Waals surface area contributed by atoms with Gasteiger partial charge >= 0.3 is 0 Å². The monoisotopic (exact) mass is 435 g/mol. The van der Waals surface area contributed by atoms with E-state index in [0.29, 0.717) is 34.0 Å². The number of benzene rings is 2. The Bertz CT molecular complexity index is 1140. The zero-order chi connectivity index (χ0) is 23.0. The normalized spacial score (nSPS) is 19.2. The fourth-order valence-corrected chi connectivity index (χ4v) is 4.36. The maximum Gasteiger partial charge on any atom is 0.266 e. The van der Waals surface area contributed by atoms with Crippen molar-refractivity contribution in [2.45, 2.75) is 38.6 Å². The number of carbonyl (C=O) groups is 3. The molecule has 1 atom stereocenters. The van der Waals surface area contributed by atoms with Crippen molar-refractivity contribution >= 4 is 29.1 Å². The molecule has 0 saturated carbocycles. The van der Waals surface area contributed by atoms with E-state index < -0.39 is 11.4 Å². The molecule has 1 spiro atoms. The lowest BCUT2D eigenvalue weighted by Gasteiger charge is -2.31. The summed E-state index contributed by atoms with van der Waals surface area (Å²) in [6.07, 6.45) is 0.487. The van der Waals surface area contributed by atoms with Crippen molar-refractivity contribution in [3.8, 4) is 11.5 Å². The molecule has 0 aliphatic carbocycles. The first-order valence-electron chi connectivity index (χ1n) is 10.5. The van der Waals surface area contributed by atoms with E-state index in [4.69, 9.17) is 9.47 Å². The third-order valence-corrected chi connectivity index (χ3v) is 5.96. The number of rotatable bonds is 5. The van der Waals surface area contributed by atoms with Crippen LogP contribution >= 0.6 is 0 Å². The van der Waals surface area contributed by atoms with Crippen LogP contribution in [0.2, 0.25) is 0 Å². The number of hydrogen-bond acceptors (Lipinski definition) is 6. The molecule has 166 valence electrons. The van der Waals surface area contributed by atoms with Gasteiger partial charge in [-0.1, -0.05) is 32.0 Å². The molecule has 2 aromatic carbocycles. The summed E-state index contributed by atoms with van der Waals surface area (Å²) < 4.78 is 10.7. The molecular weight excluding hydrogens is 410 g/mol. The zero-order valence-corrected chi connectivity index (χ0v) is 18.5. The van der Waals surface area contributed by atoms with Gasteiger partial charge < -0.3 is 9.47 Å². The highest BCUT2D eigenvalue weighted by molar-refractivity contribution is 6.25. The number of para-hydroxylation sites is 1. The Labute approximate surface area is 186 Å². The molecule has 2 aliphatic heterocycles. The summed E-state index contributed by atoms with van der Waals surface area (Å²) in [5, 5.41) is 5.88. The molecule has 0 aromatic heterocycles. The number of anilines is 1. The van der Waals surface area contributed by atoms with Crippen LogP contribution in [0.1, 0.15) is 44.2 Å². The summed E-state index contributed by atoms with van der Waals surface area (Å²) >= 11 is 0. The van der Waals surface area contributed by atoms with Crippen LogP contribution in [0.3, 0.4) is 0 Å². The number of hydrogen-bond donors (Lipinski definition) is 0. The lowest BCUT2D eigenvalue weighted by Crippen LogP contribution is -2.52. The van der Waals surface area contributed by atoms with Crippen LogP contribution in [-0.4, -0.2) is 42.7 Å². The molecule has 0 bridgehead atoms. The summed E-state index contributed by atoms with van der Waals surface area (Å²) in [6, 6.07) is 12.4. The van der Waals surface area contributed by atoms with E-state index in [0.717, 1.165) is 0 Å². The summed E-state index contributed by atoms with van der Waals surface area (Å²) in [5.74, 6) is 0.0137. The molecule has 0 unspecified atom stereocenters. The SMILES string of the molecule is CCC(=O)N1C(=O)[C@@]2(CC(c3ccc(OC)c(OC)c3)=NN2C(=O)CC)c2ccccc21. The average molecular weight is 435 g/mol. The third-order valence-electron chi connectivity index (χ3n) is 5.96. The lowest BCUT2D eigenvalue weighted by atomic mass is 9.84. The zero-order valence-electron chi connectivity index (χ0n) is 18.5. The summed E-state index contributed by atoms with van der Waals surface area (Å²) in [6.45, 7) is 3.43. The minimum absolute atomic E-state index is 0.150. The van der Waals surface area contributed by atoms with Gasteiger partial charge in [0, 0.05) is 30.4 Å². The topological polar surface area (TPSA) is 88.5 Å². The Kier molecular flexibility index (Phi) is 5.46. The van der Waals surface area contributed by atoms with E-state index in [1.54, 1.807) is 57.4 Å². The van der Waals surface area contributed by atoms with Gasteiger partial charge in [0.25, 0.3) is 5.91 Å². The number of carbonyl (C=O) groups excluding carboxylic acids is 3. The van der Waals surface area contributed by atoms with E-state index in [1.165, 1.54) is 17.0 Å². The second-order valence-corrected chi connectivity index (χ2v) is 7.62. The van der Waals surface area contributed by atoms with Gasteiger partial charge in [0.2, 0.25) is 11.8 Å². The van der Waals surface area contributed by atoms with Gasteiger partial charge in [0.15, 0.2) is 17.0 Å². The second kappa shape index (κ2) is 8.11. The molecule has 8 heteroatoms. The molecule has 0 N–H and O–H groups in total. The minimum atomic E-state index is -1.39. The van der Waals surface area contributed by atoms with E-state index >= 15 is 0 Å². The largest absolute Gasteiger partial charge is 0.493 e. The van der Waals surface area contributed by atoms with Crippen molar-refractivity contribution in [3.05, 3.63) is 53.6 Å². The predicted octanol–water partition coefficient (Wildman–Crippen LogP) is 3.23. The average Bonchev–Trinajstić information content (AvgIpc) is 3.35. The van der Waals surface area contributed by atoms with Gasteiger partial charge in [-0.05, 0) is 24.3 Å². The highest BCUT2D eigenvalue weighted by Crippen LogP contribution is 2.50. The third kappa shape index (κ3) is 2.97. The molecule has 3 amide bonds. The maximum absolute atomic E-state index is 13.8. The molecule has 2 aromatic rings. The van der Waals surface area contributed by atoms with Gasteiger partial charge in [-0.25, -0.2) is 9.91 Å². The Hall–Kier alpha value is -3.68. The molecule has 0 radical (unpaired) electrons. The number of methoxy groups -OCH3 is 2. The van der Waals surface area contributed by atoms with Crippen LogP contribution < -0.4 is 14.4 Å². The summed E-state index contributed by atoms with van der Waals surface area (Å²) in [5.41, 5.74) is 0.979. The fourth-order valence-electron chi connectivity index (χ4n) is 4.36. The van der Waals surface area contributed by atoms with Gasteiger partial charge in [-0.15, -0.1) is 0 Å². The summed E-state index contributed by atoms with van der Waals surface area (Å²) in [4.78, 5) is 40.7. The van der Waals surface area contributed by atoms with Crippen molar-refractivity contribution in [1.29, 1.82) is 0 Å². The first-order valence-corrected chi connectivity index (χ1v) is 10.5. The molecular formula is C24H25N3O5. The van der Waals surface area contributed by atoms with Gasteiger partial charge in [0.05, 0.1) is 25.6 Å². The second-order valence-electron chi connectivity index (χ2n) is 7.62. The Balaban J connectivity index is 1.88. The molecule has 2 aliphatic rings. The lowest BCUT2D eigenvalue weighted by molar-refractivity contribution is -0.145. The molecule has 2 heterocycles. The van der Waals surface area contributed by atoms with E-state index in [9.17, 15) is 14.4 Å². The number of hydrazone groups is 1. The minimum Gasteiger partial charge on any atom is -0.493 e. The maximum atomic E-state index is 13.8. The number of imide groups is 1. The van der Waals surface area contributed by atoms with Gasteiger partial charge in [-0.2, -0.15) is 5.10 Å². The van der Waals surface area contributed by atoms with E-state index in [1.807, 2.05) is 6.07 Å². The van der Waals surface area contributed by atoms with Crippen molar-refractivity contribution in [2.24, 2.45) is 5.10 Å². The van der Waals surface area contributed by atoms with Crippen LogP contribution in [0, 0.1) is 0 Å². The van der Waals surface area contributed by atoms with Crippen molar-refractivity contribution < 1.29 is 23.9 Å². The van der Waals surface area contributed by atoms with Gasteiger partial charge in [-0.3, -0.25) is 14.4 Å². The van der Waals surface area contributed by atoms with Crippen LogP contribution in [-0.2, 0) is 19.9 Å². The first kappa shape index (κ1) is 21.5. The van der Waals surface area contributed by atoms with Crippen LogP contribution in [0.25, 0.3) is 0 Å². The quantitative estimate of drug-likeness (QED) is 0.720. The molecule has 32 heavy (non-hydrogen) atoms. The Morgan fingerprint density at radius 1 is 1.00 bits per heavy atom. The smallest absolute Gasteiger partial charge is 0.266 e. The molecule has 8 nitrogen and oxygen atoms in total. The van der Waals surface area contributed by atoms with Crippen molar-refractivity contribution in [3.63, 3.8) is 0 Å².